The third-order valence-electron chi connectivity index (χ3n) is 4.26. The molecule has 0 atom stereocenters. The van der Waals surface area contributed by atoms with Crippen molar-refractivity contribution in [1.82, 2.24) is 14.3 Å². The van der Waals surface area contributed by atoms with E-state index in [4.69, 9.17) is 4.74 Å². The molecule has 130 valence electrons. The van der Waals surface area contributed by atoms with Crippen molar-refractivity contribution in [2.24, 2.45) is 7.05 Å². The van der Waals surface area contributed by atoms with Gasteiger partial charge in [0.25, 0.3) is 0 Å². The molecule has 3 aromatic rings. The Labute approximate surface area is 147 Å². The molecule has 3 rings (SSSR count). The van der Waals surface area contributed by atoms with Gasteiger partial charge in [0.1, 0.15) is 0 Å². The van der Waals surface area contributed by atoms with Crippen molar-refractivity contribution in [3.05, 3.63) is 82.3 Å². The van der Waals surface area contributed by atoms with Crippen LogP contribution in [0.2, 0.25) is 0 Å². The van der Waals surface area contributed by atoms with Gasteiger partial charge in [0.2, 0.25) is 5.75 Å². The third-order valence-corrected chi connectivity index (χ3v) is 4.26. The minimum Gasteiger partial charge on any atom is -0.490 e. The lowest BCUT2D eigenvalue weighted by Crippen LogP contribution is -2.22. The van der Waals surface area contributed by atoms with Crippen molar-refractivity contribution in [3.8, 4) is 11.4 Å². The lowest BCUT2D eigenvalue weighted by Gasteiger charge is -2.18. The highest BCUT2D eigenvalue weighted by atomic mass is 16.5. The largest absolute Gasteiger partial charge is 0.490 e. The second kappa shape index (κ2) is 7.40. The first-order valence-electron chi connectivity index (χ1n) is 8.24. The first kappa shape index (κ1) is 17.0. The van der Waals surface area contributed by atoms with Crippen LogP contribution in [-0.2, 0) is 20.1 Å². The van der Waals surface area contributed by atoms with Gasteiger partial charge in [-0.25, -0.2) is 4.68 Å². The number of aromatic nitrogens is 2. The number of benzene rings is 2. The zero-order valence-electron chi connectivity index (χ0n) is 14.8. The van der Waals surface area contributed by atoms with Gasteiger partial charge in [-0.15, -0.1) is 0 Å². The molecule has 0 aliphatic rings. The minimum atomic E-state index is -0.140. The summed E-state index contributed by atoms with van der Waals surface area (Å²) in [7, 11) is 5.48. The molecule has 0 radical (unpaired) electrons. The van der Waals surface area contributed by atoms with E-state index in [2.05, 4.69) is 17.0 Å². The predicted octanol–water partition coefficient (Wildman–Crippen LogP) is 2.82. The minimum absolute atomic E-state index is 0.140. The van der Waals surface area contributed by atoms with Crippen molar-refractivity contribution in [3.63, 3.8) is 0 Å². The van der Waals surface area contributed by atoms with Gasteiger partial charge in [-0.2, -0.15) is 0 Å². The van der Waals surface area contributed by atoms with Crippen LogP contribution in [0.15, 0.2) is 65.5 Å². The standard InChI is InChI=1S/C20H23N3O2/c1-21(14-16-10-6-4-7-11-16)15-18-19(25-3)20(24)23(22(18)2)17-12-8-5-9-13-17/h4-13H,14-15H2,1-3H3. The van der Waals surface area contributed by atoms with Crippen molar-refractivity contribution < 1.29 is 4.74 Å². The molecule has 1 aromatic heterocycles. The molecule has 25 heavy (non-hydrogen) atoms. The van der Waals surface area contributed by atoms with Gasteiger partial charge in [0, 0.05) is 20.1 Å². The van der Waals surface area contributed by atoms with Crippen LogP contribution in [0.1, 0.15) is 11.3 Å². The lowest BCUT2D eigenvalue weighted by atomic mass is 10.2. The molecule has 0 aliphatic heterocycles. The average molecular weight is 337 g/mol. The molecule has 5 heteroatoms. The van der Waals surface area contributed by atoms with E-state index in [1.54, 1.807) is 11.8 Å². The summed E-state index contributed by atoms with van der Waals surface area (Å²) >= 11 is 0. The van der Waals surface area contributed by atoms with Crippen LogP contribution in [0.5, 0.6) is 5.75 Å². The fourth-order valence-corrected chi connectivity index (χ4v) is 3.07. The molecule has 0 aliphatic carbocycles. The highest BCUT2D eigenvalue weighted by Gasteiger charge is 2.20. The Balaban J connectivity index is 1.92. The smallest absolute Gasteiger partial charge is 0.314 e. The maximum Gasteiger partial charge on any atom is 0.314 e. The van der Waals surface area contributed by atoms with E-state index in [9.17, 15) is 4.79 Å². The second-order valence-electron chi connectivity index (χ2n) is 6.11. The summed E-state index contributed by atoms with van der Waals surface area (Å²) in [5.41, 5.74) is 2.77. The van der Waals surface area contributed by atoms with Gasteiger partial charge in [0.15, 0.2) is 0 Å². The van der Waals surface area contributed by atoms with E-state index < -0.39 is 0 Å². The van der Waals surface area contributed by atoms with Crippen molar-refractivity contribution in [2.45, 2.75) is 13.1 Å². The summed E-state index contributed by atoms with van der Waals surface area (Å²) in [6.07, 6.45) is 0. The summed E-state index contributed by atoms with van der Waals surface area (Å²) in [5.74, 6) is 0.395. The van der Waals surface area contributed by atoms with Gasteiger partial charge in [-0.3, -0.25) is 14.4 Å². The predicted molar refractivity (Wildman–Crippen MR) is 99.2 cm³/mol. The summed E-state index contributed by atoms with van der Waals surface area (Å²) in [6.45, 7) is 1.42. The maximum atomic E-state index is 12.8. The molecule has 0 saturated heterocycles. The van der Waals surface area contributed by atoms with Crippen LogP contribution in [0.3, 0.4) is 0 Å². The number of rotatable bonds is 6. The van der Waals surface area contributed by atoms with Crippen molar-refractivity contribution in [1.29, 1.82) is 0 Å². The number of para-hydroxylation sites is 1. The van der Waals surface area contributed by atoms with Crippen LogP contribution in [0.25, 0.3) is 5.69 Å². The normalized spacial score (nSPS) is 11.0. The van der Waals surface area contributed by atoms with E-state index in [0.29, 0.717) is 12.3 Å². The summed E-state index contributed by atoms with van der Waals surface area (Å²) in [4.78, 5) is 14.9. The molecule has 2 aromatic carbocycles. The quantitative estimate of drug-likeness (QED) is 0.694. The van der Waals surface area contributed by atoms with Crippen LogP contribution >= 0.6 is 0 Å². The molecule has 0 saturated carbocycles. The fourth-order valence-electron chi connectivity index (χ4n) is 3.07. The topological polar surface area (TPSA) is 39.4 Å². The summed E-state index contributed by atoms with van der Waals surface area (Å²) < 4.78 is 8.95. The van der Waals surface area contributed by atoms with Crippen molar-refractivity contribution in [2.75, 3.05) is 14.2 Å². The first-order chi connectivity index (χ1) is 12.1. The van der Waals surface area contributed by atoms with Crippen LogP contribution in [-0.4, -0.2) is 28.4 Å². The van der Waals surface area contributed by atoms with Gasteiger partial charge in [-0.05, 0) is 24.7 Å². The second-order valence-corrected chi connectivity index (χ2v) is 6.11. The average Bonchev–Trinajstić information content (AvgIpc) is 2.86. The van der Waals surface area contributed by atoms with E-state index in [0.717, 1.165) is 17.9 Å². The number of methoxy groups -OCH3 is 1. The van der Waals surface area contributed by atoms with E-state index in [1.165, 1.54) is 5.56 Å². The molecule has 1 heterocycles. The van der Waals surface area contributed by atoms with E-state index in [-0.39, 0.29) is 5.56 Å². The number of nitrogens with zero attached hydrogens (tertiary/aromatic N) is 3. The Bertz CT molecular complexity index is 883. The zero-order valence-corrected chi connectivity index (χ0v) is 14.8. The third kappa shape index (κ3) is 3.51. The number of hydrogen-bond donors (Lipinski definition) is 0. The van der Waals surface area contributed by atoms with Crippen LogP contribution in [0.4, 0.5) is 0 Å². The molecule has 0 N–H and O–H groups in total. The maximum absolute atomic E-state index is 12.8. The molecule has 0 amide bonds. The lowest BCUT2D eigenvalue weighted by molar-refractivity contribution is 0.299. The molecular weight excluding hydrogens is 314 g/mol. The van der Waals surface area contributed by atoms with Gasteiger partial charge >= 0.3 is 5.56 Å². The number of hydrogen-bond acceptors (Lipinski definition) is 3. The highest BCUT2D eigenvalue weighted by Crippen LogP contribution is 2.19. The van der Waals surface area contributed by atoms with Crippen molar-refractivity contribution >= 4 is 0 Å². The summed E-state index contributed by atoms with van der Waals surface area (Å²) in [6, 6.07) is 19.9. The molecule has 0 fully saturated rings. The SMILES string of the molecule is COc1c(CN(C)Cc2ccccc2)n(C)n(-c2ccccc2)c1=O. The molecule has 0 spiro atoms. The molecular formula is C20H23N3O2. The van der Waals surface area contributed by atoms with Gasteiger partial charge in [-0.1, -0.05) is 48.5 Å². The Morgan fingerprint density at radius 1 is 0.960 bits per heavy atom. The molecule has 5 nitrogen and oxygen atoms in total. The molecule has 0 unspecified atom stereocenters. The Kier molecular flexibility index (Phi) is 5.05. The molecule has 0 bridgehead atoms. The Hall–Kier alpha value is -2.79. The monoisotopic (exact) mass is 337 g/mol. The van der Waals surface area contributed by atoms with Gasteiger partial charge < -0.3 is 4.74 Å². The van der Waals surface area contributed by atoms with Crippen LogP contribution < -0.4 is 10.3 Å². The first-order valence-corrected chi connectivity index (χ1v) is 8.24. The fraction of sp³-hybridized carbons (Fsp3) is 0.250. The van der Waals surface area contributed by atoms with E-state index in [1.807, 2.05) is 67.3 Å². The Morgan fingerprint density at radius 3 is 2.16 bits per heavy atom. The summed E-state index contributed by atoms with van der Waals surface area (Å²) in [5, 5.41) is 0. The van der Waals surface area contributed by atoms with Crippen LogP contribution in [0, 0.1) is 0 Å². The van der Waals surface area contributed by atoms with E-state index >= 15 is 0 Å². The highest BCUT2D eigenvalue weighted by molar-refractivity contribution is 5.36. The number of ether oxygens (including phenoxy) is 1. The zero-order chi connectivity index (χ0) is 17.8. The Morgan fingerprint density at radius 2 is 1.56 bits per heavy atom. The van der Waals surface area contributed by atoms with Gasteiger partial charge in [0.05, 0.1) is 18.5 Å².